The van der Waals surface area contributed by atoms with Crippen LogP contribution in [0.15, 0.2) is 51.9 Å². The molecule has 2 aliphatic heterocycles. The van der Waals surface area contributed by atoms with Crippen molar-refractivity contribution in [3.05, 3.63) is 58.9 Å². The van der Waals surface area contributed by atoms with Crippen molar-refractivity contribution in [2.45, 2.75) is 30.0 Å². The van der Waals surface area contributed by atoms with Gasteiger partial charge in [0.1, 0.15) is 0 Å². The zero-order valence-electron chi connectivity index (χ0n) is 18.7. The molecule has 0 radical (unpaired) electrons. The fourth-order valence-corrected chi connectivity index (χ4v) is 5.28. The monoisotopic (exact) mass is 497 g/mol. The zero-order valence-corrected chi connectivity index (χ0v) is 20.2. The number of benzene rings is 2. The van der Waals surface area contributed by atoms with Crippen molar-refractivity contribution in [2.24, 2.45) is 0 Å². The van der Waals surface area contributed by atoms with E-state index in [0.717, 1.165) is 10.5 Å². The van der Waals surface area contributed by atoms with Gasteiger partial charge in [0, 0.05) is 48.1 Å². The van der Waals surface area contributed by atoms with Crippen LogP contribution in [0, 0.1) is 6.92 Å². The maximum absolute atomic E-state index is 12.9. The van der Waals surface area contributed by atoms with E-state index in [2.05, 4.69) is 20.4 Å². The number of aromatic nitrogens is 2. The topological polar surface area (TPSA) is 91.6 Å². The van der Waals surface area contributed by atoms with Gasteiger partial charge in [0.2, 0.25) is 23.5 Å². The Balaban J connectivity index is 1.12. The van der Waals surface area contributed by atoms with Gasteiger partial charge in [-0.05, 0) is 25.1 Å². The standard InChI is InChI=1S/C24H24ClN5O3S/c1-15-2-4-16(5-3-15)23-27-21(33-28-23)14-29-8-10-30(11-9-29)22(31)13-20-24(32)26-18-12-17(25)6-7-19(18)34-20/h2-7,12,20H,8-11,13-14H2,1H3,(H,26,32)/t20-/m0/s1. The van der Waals surface area contributed by atoms with Gasteiger partial charge in [0.15, 0.2) is 0 Å². The number of thioether (sulfide) groups is 1. The summed E-state index contributed by atoms with van der Waals surface area (Å²) in [6.45, 7) is 5.19. The van der Waals surface area contributed by atoms with Crippen LogP contribution in [0.5, 0.6) is 0 Å². The molecule has 1 aromatic heterocycles. The number of rotatable bonds is 5. The largest absolute Gasteiger partial charge is 0.340 e. The summed E-state index contributed by atoms with van der Waals surface area (Å²) in [7, 11) is 0. The van der Waals surface area contributed by atoms with E-state index in [9.17, 15) is 9.59 Å². The van der Waals surface area contributed by atoms with Gasteiger partial charge in [-0.2, -0.15) is 4.98 Å². The summed E-state index contributed by atoms with van der Waals surface area (Å²) in [6.07, 6.45) is 0.169. The molecule has 5 rings (SSSR count). The maximum Gasteiger partial charge on any atom is 0.241 e. The van der Waals surface area contributed by atoms with E-state index in [1.54, 1.807) is 12.1 Å². The number of aryl methyl sites for hydroxylation is 1. The molecule has 3 heterocycles. The molecule has 1 atom stereocenters. The van der Waals surface area contributed by atoms with Crippen molar-refractivity contribution in [1.29, 1.82) is 0 Å². The first-order valence-electron chi connectivity index (χ1n) is 11.1. The summed E-state index contributed by atoms with van der Waals surface area (Å²) < 4.78 is 5.44. The molecule has 2 aliphatic rings. The van der Waals surface area contributed by atoms with Crippen LogP contribution < -0.4 is 5.32 Å². The average molecular weight is 498 g/mol. The number of halogens is 1. The lowest BCUT2D eigenvalue weighted by Crippen LogP contribution is -2.49. The predicted octanol–water partition coefficient (Wildman–Crippen LogP) is 3.85. The normalized spacial score (nSPS) is 18.5. The Labute approximate surface area is 206 Å². The number of nitrogens with zero attached hydrogens (tertiary/aromatic N) is 4. The number of carbonyl (C=O) groups excluding carboxylic acids is 2. The molecule has 10 heteroatoms. The molecule has 1 saturated heterocycles. The average Bonchev–Trinajstić information content (AvgIpc) is 3.29. The Morgan fingerprint density at radius 3 is 2.71 bits per heavy atom. The first-order chi connectivity index (χ1) is 16.4. The third-order valence-corrected chi connectivity index (χ3v) is 7.49. The number of anilines is 1. The minimum Gasteiger partial charge on any atom is -0.340 e. The van der Waals surface area contributed by atoms with E-state index in [0.29, 0.717) is 55.1 Å². The molecule has 0 unspecified atom stereocenters. The van der Waals surface area contributed by atoms with Crippen LogP contribution in [-0.4, -0.2) is 63.2 Å². The molecule has 1 N–H and O–H groups in total. The van der Waals surface area contributed by atoms with Crippen LogP contribution in [0.1, 0.15) is 17.9 Å². The Kier molecular flexibility index (Phi) is 6.58. The molecule has 34 heavy (non-hydrogen) atoms. The highest BCUT2D eigenvalue weighted by Gasteiger charge is 2.32. The summed E-state index contributed by atoms with van der Waals surface area (Å²) in [6, 6.07) is 13.4. The fourth-order valence-electron chi connectivity index (χ4n) is 4.03. The predicted molar refractivity (Wildman–Crippen MR) is 131 cm³/mol. The van der Waals surface area contributed by atoms with Gasteiger partial charge in [-0.25, -0.2) is 0 Å². The molecule has 0 aliphatic carbocycles. The van der Waals surface area contributed by atoms with Crippen LogP contribution in [0.2, 0.25) is 5.02 Å². The Bertz CT molecular complexity index is 1210. The molecule has 0 saturated carbocycles. The van der Waals surface area contributed by atoms with Crippen molar-refractivity contribution in [3.8, 4) is 11.4 Å². The van der Waals surface area contributed by atoms with Crippen LogP contribution >= 0.6 is 23.4 Å². The molecule has 2 amide bonds. The molecular formula is C24H24ClN5O3S. The first-order valence-corrected chi connectivity index (χ1v) is 12.4. The van der Waals surface area contributed by atoms with E-state index in [1.807, 2.05) is 42.2 Å². The number of carbonyl (C=O) groups is 2. The van der Waals surface area contributed by atoms with Crippen LogP contribution in [-0.2, 0) is 16.1 Å². The SMILES string of the molecule is Cc1ccc(-c2noc(CN3CCN(C(=O)C[C@@H]4Sc5ccc(Cl)cc5NC4=O)CC3)n2)cc1. The lowest BCUT2D eigenvalue weighted by Gasteiger charge is -2.35. The summed E-state index contributed by atoms with van der Waals surface area (Å²) in [5.74, 6) is 0.969. The second kappa shape index (κ2) is 9.77. The van der Waals surface area contributed by atoms with Crippen molar-refractivity contribution < 1.29 is 14.1 Å². The lowest BCUT2D eigenvalue weighted by atomic mass is 10.1. The van der Waals surface area contributed by atoms with E-state index < -0.39 is 5.25 Å². The van der Waals surface area contributed by atoms with E-state index in [-0.39, 0.29) is 18.2 Å². The second-order valence-corrected chi connectivity index (χ2v) is 10.2. The van der Waals surface area contributed by atoms with Gasteiger partial charge < -0.3 is 14.7 Å². The number of nitrogens with one attached hydrogen (secondary N) is 1. The molecule has 0 spiro atoms. The first kappa shape index (κ1) is 22.9. The summed E-state index contributed by atoms with van der Waals surface area (Å²) >= 11 is 7.42. The minimum atomic E-state index is -0.446. The van der Waals surface area contributed by atoms with Gasteiger partial charge in [0.25, 0.3) is 0 Å². The van der Waals surface area contributed by atoms with Gasteiger partial charge in [-0.1, -0.05) is 46.6 Å². The van der Waals surface area contributed by atoms with Crippen molar-refractivity contribution in [3.63, 3.8) is 0 Å². The van der Waals surface area contributed by atoms with Crippen molar-refractivity contribution in [2.75, 3.05) is 31.5 Å². The van der Waals surface area contributed by atoms with E-state index in [1.165, 1.54) is 17.3 Å². The summed E-state index contributed by atoms with van der Waals surface area (Å²) in [5.41, 5.74) is 2.80. The number of piperazine rings is 1. The van der Waals surface area contributed by atoms with E-state index in [4.69, 9.17) is 16.1 Å². The highest BCUT2D eigenvalue weighted by Crippen LogP contribution is 2.38. The zero-order chi connectivity index (χ0) is 23.7. The Morgan fingerprint density at radius 2 is 1.94 bits per heavy atom. The number of amides is 2. The Hall–Kier alpha value is -2.88. The van der Waals surface area contributed by atoms with E-state index >= 15 is 0 Å². The summed E-state index contributed by atoms with van der Waals surface area (Å²) in [5, 5.41) is 7.08. The van der Waals surface area contributed by atoms with Crippen LogP contribution in [0.4, 0.5) is 5.69 Å². The third-order valence-electron chi connectivity index (χ3n) is 5.98. The minimum absolute atomic E-state index is 0.0100. The Morgan fingerprint density at radius 1 is 1.18 bits per heavy atom. The lowest BCUT2D eigenvalue weighted by molar-refractivity contribution is -0.134. The fraction of sp³-hybridized carbons (Fsp3) is 0.333. The summed E-state index contributed by atoms with van der Waals surface area (Å²) in [4.78, 5) is 34.8. The van der Waals surface area contributed by atoms with Gasteiger partial charge in [-0.15, -0.1) is 11.8 Å². The number of fused-ring (bicyclic) bond motifs is 1. The quantitative estimate of drug-likeness (QED) is 0.572. The van der Waals surface area contributed by atoms with Crippen molar-refractivity contribution >= 4 is 40.9 Å². The third kappa shape index (κ3) is 5.11. The van der Waals surface area contributed by atoms with Crippen molar-refractivity contribution in [1.82, 2.24) is 19.9 Å². The molecule has 8 nitrogen and oxygen atoms in total. The number of hydrogen-bond donors (Lipinski definition) is 1. The molecule has 176 valence electrons. The number of hydrogen-bond acceptors (Lipinski definition) is 7. The van der Waals surface area contributed by atoms with Gasteiger partial charge in [-0.3, -0.25) is 14.5 Å². The van der Waals surface area contributed by atoms with Gasteiger partial charge in [0.05, 0.1) is 17.5 Å². The maximum atomic E-state index is 12.9. The molecule has 3 aromatic rings. The molecular weight excluding hydrogens is 474 g/mol. The smallest absolute Gasteiger partial charge is 0.241 e. The van der Waals surface area contributed by atoms with Crippen LogP contribution in [0.3, 0.4) is 0 Å². The molecule has 1 fully saturated rings. The molecule has 0 bridgehead atoms. The van der Waals surface area contributed by atoms with Crippen LogP contribution in [0.25, 0.3) is 11.4 Å². The highest BCUT2D eigenvalue weighted by atomic mass is 35.5. The second-order valence-electron chi connectivity index (χ2n) is 8.48. The van der Waals surface area contributed by atoms with Gasteiger partial charge >= 0.3 is 0 Å². The highest BCUT2D eigenvalue weighted by molar-refractivity contribution is 8.01. The molecule has 2 aromatic carbocycles.